The van der Waals surface area contributed by atoms with Crippen LogP contribution in [-0.4, -0.2) is 51.5 Å². The Labute approximate surface area is 182 Å². The highest BCUT2D eigenvalue weighted by Crippen LogP contribution is 2.28. The molecule has 1 aliphatic carbocycles. The normalized spacial score (nSPS) is 16.5. The fourth-order valence-electron chi connectivity index (χ4n) is 3.73. The van der Waals surface area contributed by atoms with E-state index in [1.165, 1.54) is 4.31 Å². The average molecular weight is 443 g/mol. The van der Waals surface area contributed by atoms with Gasteiger partial charge >= 0.3 is 0 Å². The lowest BCUT2D eigenvalue weighted by Gasteiger charge is -2.26. The van der Waals surface area contributed by atoms with Crippen molar-refractivity contribution in [1.29, 1.82) is 0 Å². The number of hydrogen-bond donors (Lipinski definition) is 1. The van der Waals surface area contributed by atoms with E-state index >= 15 is 0 Å². The summed E-state index contributed by atoms with van der Waals surface area (Å²) in [5, 5.41) is 2.92. The van der Waals surface area contributed by atoms with Gasteiger partial charge in [-0.15, -0.1) is 0 Å². The molecular formula is C23H26N2O5S. The summed E-state index contributed by atoms with van der Waals surface area (Å²) < 4.78 is 37.6. The minimum atomic E-state index is -3.51. The van der Waals surface area contributed by atoms with E-state index in [2.05, 4.69) is 5.32 Å². The second-order valence-corrected chi connectivity index (χ2v) is 9.42. The maximum Gasteiger partial charge on any atom is 0.247 e. The fraction of sp³-hybridized carbons (Fsp3) is 0.348. The number of morpholine rings is 1. The number of amides is 1. The Morgan fingerprint density at radius 3 is 2.58 bits per heavy atom. The van der Waals surface area contributed by atoms with Crippen LogP contribution in [0.2, 0.25) is 0 Å². The second-order valence-electron chi connectivity index (χ2n) is 7.48. The van der Waals surface area contributed by atoms with Crippen LogP contribution >= 0.6 is 0 Å². The van der Waals surface area contributed by atoms with Crippen LogP contribution in [0.4, 0.5) is 0 Å². The molecule has 1 saturated heterocycles. The van der Waals surface area contributed by atoms with Crippen molar-refractivity contribution in [1.82, 2.24) is 9.62 Å². The highest BCUT2D eigenvalue weighted by molar-refractivity contribution is 7.89. The summed E-state index contributed by atoms with van der Waals surface area (Å²) in [5.74, 6) is 0.683. The van der Waals surface area contributed by atoms with Gasteiger partial charge in [0.25, 0.3) is 0 Å². The smallest absolute Gasteiger partial charge is 0.247 e. The summed E-state index contributed by atoms with van der Waals surface area (Å²) in [5.41, 5.74) is 3.65. The van der Waals surface area contributed by atoms with Gasteiger partial charge in [-0.2, -0.15) is 4.31 Å². The number of nitrogens with zero attached hydrogens (tertiary/aromatic N) is 1. The molecule has 8 heteroatoms. The molecule has 0 aromatic heterocycles. The van der Waals surface area contributed by atoms with Gasteiger partial charge in [0.05, 0.1) is 24.7 Å². The van der Waals surface area contributed by atoms with Crippen LogP contribution < -0.4 is 10.1 Å². The van der Waals surface area contributed by atoms with E-state index in [0.29, 0.717) is 51.4 Å². The second kappa shape index (κ2) is 9.21. The third kappa shape index (κ3) is 4.81. The molecular weight excluding hydrogens is 416 g/mol. The minimum absolute atomic E-state index is 0.126. The molecule has 0 spiro atoms. The van der Waals surface area contributed by atoms with Crippen molar-refractivity contribution in [2.75, 3.05) is 32.9 Å². The maximum absolute atomic E-state index is 12.7. The first-order chi connectivity index (χ1) is 15.0. The Balaban J connectivity index is 1.35. The molecule has 1 N–H and O–H groups in total. The fourth-order valence-corrected chi connectivity index (χ4v) is 5.14. The van der Waals surface area contributed by atoms with Crippen molar-refractivity contribution in [3.05, 3.63) is 64.7 Å². The molecule has 1 fully saturated rings. The zero-order valence-corrected chi connectivity index (χ0v) is 18.3. The molecule has 31 heavy (non-hydrogen) atoms. The van der Waals surface area contributed by atoms with E-state index in [9.17, 15) is 13.2 Å². The predicted molar refractivity (Wildman–Crippen MR) is 117 cm³/mol. The van der Waals surface area contributed by atoms with Crippen molar-refractivity contribution < 1.29 is 22.7 Å². The van der Waals surface area contributed by atoms with Crippen LogP contribution in [0.15, 0.2) is 52.9 Å². The van der Waals surface area contributed by atoms with Gasteiger partial charge in [-0.3, -0.25) is 4.79 Å². The van der Waals surface area contributed by atoms with Crippen molar-refractivity contribution >= 4 is 22.0 Å². The summed E-state index contributed by atoms with van der Waals surface area (Å²) in [6.45, 7) is 4.43. The van der Waals surface area contributed by atoms with Gasteiger partial charge < -0.3 is 14.8 Å². The van der Waals surface area contributed by atoms with Crippen molar-refractivity contribution in [3.8, 4) is 5.75 Å². The number of fused-ring (bicyclic) bond motifs is 1. The molecule has 2 aromatic rings. The van der Waals surface area contributed by atoms with E-state index in [4.69, 9.17) is 9.47 Å². The number of nitrogens with one attached hydrogen (secondary N) is 1. The van der Waals surface area contributed by atoms with E-state index in [1.54, 1.807) is 24.3 Å². The van der Waals surface area contributed by atoms with Crippen LogP contribution in [0.5, 0.6) is 5.75 Å². The number of benzene rings is 2. The van der Waals surface area contributed by atoms with Crippen LogP contribution in [0.1, 0.15) is 23.6 Å². The molecule has 0 radical (unpaired) electrons. The Hall–Kier alpha value is -2.68. The van der Waals surface area contributed by atoms with Crippen LogP contribution in [-0.2, 0) is 32.5 Å². The first-order valence-electron chi connectivity index (χ1n) is 10.4. The number of ether oxygens (including phenoxy) is 2. The van der Waals surface area contributed by atoms with Gasteiger partial charge in [0, 0.05) is 31.6 Å². The first kappa shape index (κ1) is 21.5. The minimum Gasteiger partial charge on any atom is -0.494 e. The Morgan fingerprint density at radius 1 is 1.13 bits per heavy atom. The molecule has 0 unspecified atom stereocenters. The quantitative estimate of drug-likeness (QED) is 0.712. The standard InChI is InChI=1S/C23H26N2O5S/c1-2-30-21-6-5-18-13-20(14-19(18)15-21)23(26)24-16-17-3-7-22(8-4-17)31(27,28)25-9-11-29-12-10-25/h3-8,13,15H,2,9-12,14,16H2,1H3,(H,24,26). The number of sulfonamides is 1. The maximum atomic E-state index is 12.7. The predicted octanol–water partition coefficient (Wildman–Crippen LogP) is 2.36. The molecule has 0 bridgehead atoms. The zero-order valence-electron chi connectivity index (χ0n) is 17.5. The van der Waals surface area contributed by atoms with Crippen LogP contribution in [0, 0.1) is 0 Å². The van der Waals surface area contributed by atoms with Gasteiger partial charge in [0.1, 0.15) is 5.75 Å². The average Bonchev–Trinajstić information content (AvgIpc) is 3.22. The Bertz CT molecular complexity index is 1090. The zero-order chi connectivity index (χ0) is 21.8. The third-order valence-corrected chi connectivity index (χ3v) is 7.32. The van der Waals surface area contributed by atoms with Gasteiger partial charge in [0.15, 0.2) is 0 Å². The molecule has 0 saturated carbocycles. The van der Waals surface area contributed by atoms with Crippen molar-refractivity contribution in [3.63, 3.8) is 0 Å². The summed E-state index contributed by atoms with van der Waals surface area (Å²) in [4.78, 5) is 12.9. The number of carbonyl (C=O) groups excluding carboxylic acids is 1. The van der Waals surface area contributed by atoms with E-state index in [1.807, 2.05) is 31.2 Å². The summed E-state index contributed by atoms with van der Waals surface area (Å²) in [6, 6.07) is 12.5. The molecule has 7 nitrogen and oxygen atoms in total. The largest absolute Gasteiger partial charge is 0.494 e. The molecule has 164 valence electrons. The molecule has 2 aliphatic rings. The molecule has 1 heterocycles. The number of carbonyl (C=O) groups is 1. The highest BCUT2D eigenvalue weighted by atomic mass is 32.2. The van der Waals surface area contributed by atoms with Crippen molar-refractivity contribution in [2.45, 2.75) is 24.8 Å². The molecule has 0 atom stereocenters. The monoisotopic (exact) mass is 442 g/mol. The number of hydrogen-bond acceptors (Lipinski definition) is 5. The van der Waals surface area contributed by atoms with Gasteiger partial charge in [-0.25, -0.2) is 8.42 Å². The molecule has 1 aliphatic heterocycles. The molecule has 1 amide bonds. The first-order valence-corrected chi connectivity index (χ1v) is 11.8. The van der Waals surface area contributed by atoms with Crippen LogP contribution in [0.3, 0.4) is 0 Å². The van der Waals surface area contributed by atoms with Gasteiger partial charge in [0.2, 0.25) is 15.9 Å². The van der Waals surface area contributed by atoms with Crippen LogP contribution in [0.25, 0.3) is 6.08 Å². The summed E-state index contributed by atoms with van der Waals surface area (Å²) >= 11 is 0. The molecule has 4 rings (SSSR count). The SMILES string of the molecule is CCOc1ccc2c(c1)CC(C(=O)NCc1ccc(S(=O)(=O)N3CCOCC3)cc1)=C2. The van der Waals surface area contributed by atoms with E-state index in [-0.39, 0.29) is 10.8 Å². The topological polar surface area (TPSA) is 84.9 Å². The third-order valence-electron chi connectivity index (χ3n) is 5.41. The van der Waals surface area contributed by atoms with Gasteiger partial charge in [-0.1, -0.05) is 18.2 Å². The van der Waals surface area contributed by atoms with E-state index < -0.39 is 10.0 Å². The van der Waals surface area contributed by atoms with Crippen molar-refractivity contribution in [2.24, 2.45) is 0 Å². The Morgan fingerprint density at radius 2 is 1.87 bits per heavy atom. The lowest BCUT2D eigenvalue weighted by atomic mass is 10.1. The summed E-state index contributed by atoms with van der Waals surface area (Å²) in [6.07, 6.45) is 2.47. The van der Waals surface area contributed by atoms with E-state index in [0.717, 1.165) is 22.4 Å². The Kier molecular flexibility index (Phi) is 6.41. The number of rotatable bonds is 7. The lowest BCUT2D eigenvalue weighted by Crippen LogP contribution is -2.40. The van der Waals surface area contributed by atoms with Gasteiger partial charge in [-0.05, 0) is 54.0 Å². The lowest BCUT2D eigenvalue weighted by molar-refractivity contribution is -0.117. The summed E-state index contributed by atoms with van der Waals surface area (Å²) in [7, 11) is -3.51. The molecule has 2 aromatic carbocycles. The highest BCUT2D eigenvalue weighted by Gasteiger charge is 2.26.